The Hall–Kier alpha value is -1.90. The molecular formula is C18H23NO5S2. The highest BCUT2D eigenvalue weighted by Crippen LogP contribution is 2.24. The van der Waals surface area contributed by atoms with Crippen molar-refractivity contribution in [2.45, 2.75) is 36.1 Å². The van der Waals surface area contributed by atoms with E-state index < -0.39 is 25.9 Å². The Morgan fingerprint density at radius 3 is 2.08 bits per heavy atom. The van der Waals surface area contributed by atoms with Crippen molar-refractivity contribution in [3.8, 4) is 5.75 Å². The van der Waals surface area contributed by atoms with Gasteiger partial charge in [0, 0.05) is 12.3 Å². The molecule has 0 bridgehead atoms. The SMILES string of the molecule is CCc1cc(S(=O)(=O)N[C@@H](C)c2ccc(S(C)(=O)=O)cc2)ccc1OC. The van der Waals surface area contributed by atoms with Crippen molar-refractivity contribution in [3.05, 3.63) is 53.6 Å². The maximum Gasteiger partial charge on any atom is 0.241 e. The summed E-state index contributed by atoms with van der Waals surface area (Å²) in [6.07, 6.45) is 1.78. The van der Waals surface area contributed by atoms with Crippen LogP contribution in [0.25, 0.3) is 0 Å². The zero-order valence-electron chi connectivity index (χ0n) is 15.2. The van der Waals surface area contributed by atoms with E-state index >= 15 is 0 Å². The Labute approximate surface area is 155 Å². The van der Waals surface area contributed by atoms with Crippen LogP contribution in [-0.4, -0.2) is 30.2 Å². The fraction of sp³-hybridized carbons (Fsp3) is 0.333. The molecule has 26 heavy (non-hydrogen) atoms. The highest BCUT2D eigenvalue weighted by atomic mass is 32.2. The van der Waals surface area contributed by atoms with Crippen LogP contribution in [0.3, 0.4) is 0 Å². The molecule has 0 aliphatic carbocycles. The monoisotopic (exact) mass is 397 g/mol. The van der Waals surface area contributed by atoms with Crippen LogP contribution in [0.1, 0.15) is 31.0 Å². The number of sulfonamides is 1. The van der Waals surface area contributed by atoms with E-state index in [2.05, 4.69) is 4.72 Å². The lowest BCUT2D eigenvalue weighted by molar-refractivity contribution is 0.409. The number of ether oxygens (including phenoxy) is 1. The smallest absolute Gasteiger partial charge is 0.241 e. The van der Waals surface area contributed by atoms with Gasteiger partial charge in [0.2, 0.25) is 10.0 Å². The molecular weight excluding hydrogens is 374 g/mol. The Morgan fingerprint density at radius 1 is 1.00 bits per heavy atom. The van der Waals surface area contributed by atoms with Gasteiger partial charge in [0.05, 0.1) is 16.9 Å². The average Bonchev–Trinajstić information content (AvgIpc) is 2.60. The van der Waals surface area contributed by atoms with Crippen LogP contribution in [0.15, 0.2) is 52.3 Å². The van der Waals surface area contributed by atoms with E-state index in [9.17, 15) is 16.8 Å². The molecule has 0 spiro atoms. The van der Waals surface area contributed by atoms with Gasteiger partial charge in [0.15, 0.2) is 9.84 Å². The third-order valence-corrected chi connectivity index (χ3v) is 6.75. The Bertz CT molecular complexity index is 981. The topological polar surface area (TPSA) is 89.5 Å². The Morgan fingerprint density at radius 2 is 1.58 bits per heavy atom. The van der Waals surface area contributed by atoms with Crippen molar-refractivity contribution in [1.29, 1.82) is 0 Å². The minimum atomic E-state index is -3.73. The number of methoxy groups -OCH3 is 1. The summed E-state index contributed by atoms with van der Waals surface area (Å²) in [5, 5.41) is 0. The zero-order chi connectivity index (χ0) is 19.5. The van der Waals surface area contributed by atoms with Gasteiger partial charge in [-0.3, -0.25) is 0 Å². The third kappa shape index (κ3) is 4.63. The van der Waals surface area contributed by atoms with E-state index in [1.54, 1.807) is 38.3 Å². The van der Waals surface area contributed by atoms with Crippen molar-refractivity contribution >= 4 is 19.9 Å². The maximum atomic E-state index is 12.7. The molecule has 0 saturated heterocycles. The number of hydrogen-bond acceptors (Lipinski definition) is 5. The summed E-state index contributed by atoms with van der Waals surface area (Å²) >= 11 is 0. The van der Waals surface area contributed by atoms with Gasteiger partial charge in [-0.2, -0.15) is 0 Å². The van der Waals surface area contributed by atoms with Crippen LogP contribution >= 0.6 is 0 Å². The first kappa shape index (κ1) is 20.4. The average molecular weight is 398 g/mol. The zero-order valence-corrected chi connectivity index (χ0v) is 16.8. The molecule has 2 rings (SSSR count). The first-order valence-electron chi connectivity index (χ1n) is 8.07. The third-order valence-electron chi connectivity index (χ3n) is 4.08. The van der Waals surface area contributed by atoms with E-state index in [1.807, 2.05) is 6.92 Å². The molecule has 2 aromatic rings. The molecule has 0 aliphatic heterocycles. The summed E-state index contributed by atoms with van der Waals surface area (Å²) in [6.45, 7) is 3.63. The van der Waals surface area contributed by atoms with Crippen molar-refractivity contribution < 1.29 is 21.6 Å². The molecule has 0 aliphatic rings. The largest absolute Gasteiger partial charge is 0.496 e. The second-order valence-corrected chi connectivity index (χ2v) is 9.74. The van der Waals surface area contributed by atoms with Crippen molar-refractivity contribution in [2.75, 3.05) is 13.4 Å². The lowest BCUT2D eigenvalue weighted by Crippen LogP contribution is -2.27. The van der Waals surface area contributed by atoms with E-state index in [0.717, 1.165) is 11.8 Å². The predicted molar refractivity (Wildman–Crippen MR) is 101 cm³/mol. The van der Waals surface area contributed by atoms with Crippen LogP contribution < -0.4 is 9.46 Å². The summed E-state index contributed by atoms with van der Waals surface area (Å²) in [5.74, 6) is 0.649. The molecule has 0 unspecified atom stereocenters. The predicted octanol–water partition coefficient (Wildman–Crippen LogP) is 2.70. The van der Waals surface area contributed by atoms with E-state index in [4.69, 9.17) is 4.74 Å². The van der Waals surface area contributed by atoms with Crippen LogP contribution in [0.2, 0.25) is 0 Å². The van der Waals surface area contributed by atoms with Crippen LogP contribution in [0, 0.1) is 0 Å². The fourth-order valence-electron chi connectivity index (χ4n) is 2.57. The lowest BCUT2D eigenvalue weighted by Gasteiger charge is -2.16. The first-order valence-corrected chi connectivity index (χ1v) is 11.4. The number of rotatable bonds is 7. The van der Waals surface area contributed by atoms with Gasteiger partial charge in [-0.1, -0.05) is 19.1 Å². The van der Waals surface area contributed by atoms with E-state index in [1.165, 1.54) is 18.2 Å². The molecule has 0 aromatic heterocycles. The Kier molecular flexibility index (Phi) is 6.10. The van der Waals surface area contributed by atoms with Gasteiger partial charge in [0.1, 0.15) is 5.75 Å². The molecule has 1 N–H and O–H groups in total. The molecule has 142 valence electrons. The first-order chi connectivity index (χ1) is 12.1. The van der Waals surface area contributed by atoms with Crippen LogP contribution in [0.4, 0.5) is 0 Å². The Balaban J connectivity index is 2.26. The van der Waals surface area contributed by atoms with Crippen LogP contribution in [-0.2, 0) is 26.3 Å². The molecule has 0 amide bonds. The lowest BCUT2D eigenvalue weighted by atomic mass is 10.1. The molecule has 6 nitrogen and oxygen atoms in total. The second kappa shape index (κ2) is 7.77. The normalized spacial score (nSPS) is 13.4. The minimum Gasteiger partial charge on any atom is -0.496 e. The van der Waals surface area contributed by atoms with Gasteiger partial charge in [-0.25, -0.2) is 21.6 Å². The molecule has 2 aromatic carbocycles. The second-order valence-electron chi connectivity index (χ2n) is 6.01. The van der Waals surface area contributed by atoms with Gasteiger partial charge in [0.25, 0.3) is 0 Å². The van der Waals surface area contributed by atoms with Gasteiger partial charge >= 0.3 is 0 Å². The van der Waals surface area contributed by atoms with Gasteiger partial charge in [-0.05, 0) is 54.8 Å². The summed E-state index contributed by atoms with van der Waals surface area (Å²) in [7, 11) is -5.47. The molecule has 0 heterocycles. The number of aryl methyl sites for hydroxylation is 1. The number of benzene rings is 2. The summed E-state index contributed by atoms with van der Waals surface area (Å²) in [6, 6.07) is 10.4. The number of sulfone groups is 1. The standard InChI is InChI=1S/C18H23NO5S2/c1-5-14-12-17(10-11-18(14)24-3)26(22,23)19-13(2)15-6-8-16(9-7-15)25(4,20)21/h6-13,19H,5H2,1-4H3/t13-/m0/s1. The van der Waals surface area contributed by atoms with Gasteiger partial charge < -0.3 is 4.74 Å². The number of nitrogens with one attached hydrogen (secondary N) is 1. The highest BCUT2D eigenvalue weighted by Gasteiger charge is 2.20. The summed E-state index contributed by atoms with van der Waals surface area (Å²) in [5.41, 5.74) is 1.48. The molecule has 8 heteroatoms. The summed E-state index contributed by atoms with van der Waals surface area (Å²) < 4.78 is 56.2. The van der Waals surface area contributed by atoms with Crippen LogP contribution in [0.5, 0.6) is 5.75 Å². The summed E-state index contributed by atoms with van der Waals surface area (Å²) in [4.78, 5) is 0.355. The highest BCUT2D eigenvalue weighted by molar-refractivity contribution is 7.90. The molecule has 0 saturated carbocycles. The maximum absolute atomic E-state index is 12.7. The quantitative estimate of drug-likeness (QED) is 0.776. The fourth-order valence-corrected chi connectivity index (χ4v) is 4.48. The van der Waals surface area contributed by atoms with E-state index in [-0.39, 0.29) is 9.79 Å². The van der Waals surface area contributed by atoms with E-state index in [0.29, 0.717) is 17.7 Å². The molecule has 0 radical (unpaired) electrons. The number of hydrogen-bond donors (Lipinski definition) is 1. The molecule has 0 fully saturated rings. The van der Waals surface area contributed by atoms with Crippen molar-refractivity contribution in [3.63, 3.8) is 0 Å². The van der Waals surface area contributed by atoms with Crippen molar-refractivity contribution in [2.24, 2.45) is 0 Å². The minimum absolute atomic E-state index is 0.162. The molecule has 1 atom stereocenters. The van der Waals surface area contributed by atoms with Crippen molar-refractivity contribution in [1.82, 2.24) is 4.72 Å². The van der Waals surface area contributed by atoms with Gasteiger partial charge in [-0.15, -0.1) is 0 Å².